The van der Waals surface area contributed by atoms with Gasteiger partial charge in [0.15, 0.2) is 5.13 Å². The summed E-state index contributed by atoms with van der Waals surface area (Å²) in [6.07, 6.45) is 0.483. The van der Waals surface area contributed by atoms with Crippen LogP contribution in [0.5, 0.6) is 0 Å². The molecule has 0 aliphatic heterocycles. The molecule has 1 rings (SSSR count). The van der Waals surface area contributed by atoms with Gasteiger partial charge in [0.25, 0.3) is 0 Å². The van der Waals surface area contributed by atoms with Crippen molar-refractivity contribution in [1.82, 2.24) is 10.3 Å². The van der Waals surface area contributed by atoms with Crippen molar-refractivity contribution in [3.8, 4) is 0 Å². The van der Waals surface area contributed by atoms with Gasteiger partial charge in [-0.2, -0.15) is 0 Å². The predicted molar refractivity (Wildman–Crippen MR) is 63.2 cm³/mol. The summed E-state index contributed by atoms with van der Waals surface area (Å²) in [5, 5.41) is 8.56. The van der Waals surface area contributed by atoms with E-state index < -0.39 is 0 Å². The third kappa shape index (κ3) is 4.90. The fourth-order valence-corrected chi connectivity index (χ4v) is 1.77. The largest absolute Gasteiger partial charge is 0.314 e. The second-order valence-corrected chi connectivity index (χ2v) is 4.56. The van der Waals surface area contributed by atoms with E-state index in [2.05, 4.69) is 29.5 Å². The second-order valence-electron chi connectivity index (χ2n) is 3.70. The third-order valence-corrected chi connectivity index (χ3v) is 2.65. The summed E-state index contributed by atoms with van der Waals surface area (Å²) in [6.45, 7) is 6.73. The van der Waals surface area contributed by atoms with Gasteiger partial charge in [-0.3, -0.25) is 4.79 Å². The summed E-state index contributed by atoms with van der Waals surface area (Å²) in [5.74, 6) is 0.0116. The van der Waals surface area contributed by atoms with E-state index in [4.69, 9.17) is 0 Å². The van der Waals surface area contributed by atoms with Gasteiger partial charge in [-0.1, -0.05) is 13.8 Å². The lowest BCUT2D eigenvalue weighted by Gasteiger charge is -2.06. The van der Waals surface area contributed by atoms with Crippen LogP contribution in [0.4, 0.5) is 5.13 Å². The zero-order chi connectivity index (χ0) is 11.3. The van der Waals surface area contributed by atoms with Crippen LogP contribution >= 0.6 is 11.3 Å². The lowest BCUT2D eigenvalue weighted by molar-refractivity contribution is -0.116. The molecule has 2 N–H and O–H groups in total. The van der Waals surface area contributed by atoms with Crippen molar-refractivity contribution in [2.75, 3.05) is 11.9 Å². The molecule has 4 nitrogen and oxygen atoms in total. The normalized spacial score (nSPS) is 10.7. The Morgan fingerprint density at radius 1 is 1.60 bits per heavy atom. The van der Waals surface area contributed by atoms with Crippen molar-refractivity contribution < 1.29 is 4.79 Å². The van der Waals surface area contributed by atoms with E-state index in [0.717, 1.165) is 5.69 Å². The fourth-order valence-electron chi connectivity index (χ4n) is 1.07. The number of rotatable bonds is 5. The van der Waals surface area contributed by atoms with Gasteiger partial charge < -0.3 is 10.6 Å². The molecule has 0 saturated carbocycles. The highest BCUT2D eigenvalue weighted by Crippen LogP contribution is 2.14. The Morgan fingerprint density at radius 2 is 2.33 bits per heavy atom. The van der Waals surface area contributed by atoms with Crippen molar-refractivity contribution in [3.63, 3.8) is 0 Å². The zero-order valence-electron chi connectivity index (χ0n) is 9.33. The number of nitrogens with one attached hydrogen (secondary N) is 2. The smallest absolute Gasteiger partial charge is 0.227 e. The van der Waals surface area contributed by atoms with Crippen molar-refractivity contribution >= 4 is 22.4 Å². The Balaban J connectivity index is 2.24. The molecule has 0 bridgehead atoms. The van der Waals surface area contributed by atoms with Crippen molar-refractivity contribution in [2.24, 2.45) is 0 Å². The summed E-state index contributed by atoms with van der Waals surface area (Å²) in [4.78, 5) is 15.6. The number of aromatic nitrogens is 1. The molecule has 0 aliphatic carbocycles. The Bertz CT molecular complexity index is 322. The van der Waals surface area contributed by atoms with E-state index in [1.807, 2.05) is 12.3 Å². The Kier molecular flexibility index (Phi) is 4.71. The molecule has 0 radical (unpaired) electrons. The standard InChI is InChI=1S/C10H17N3OS/c1-7(2)11-5-4-9(14)13-10-12-8(3)6-15-10/h6-7,11H,4-5H2,1-3H3,(H,12,13,14). The maximum atomic E-state index is 11.4. The molecule has 0 aromatic carbocycles. The van der Waals surface area contributed by atoms with Crippen molar-refractivity contribution in [2.45, 2.75) is 33.2 Å². The maximum absolute atomic E-state index is 11.4. The maximum Gasteiger partial charge on any atom is 0.227 e. The van der Waals surface area contributed by atoms with E-state index in [9.17, 15) is 4.79 Å². The minimum atomic E-state index is 0.0116. The minimum Gasteiger partial charge on any atom is -0.314 e. The molecule has 1 amide bonds. The van der Waals surface area contributed by atoms with Gasteiger partial charge in [0.2, 0.25) is 5.91 Å². The number of hydrogen-bond acceptors (Lipinski definition) is 4. The molecule has 0 saturated heterocycles. The molecular weight excluding hydrogens is 210 g/mol. The van der Waals surface area contributed by atoms with E-state index in [1.54, 1.807) is 0 Å². The molecular formula is C10H17N3OS. The Hall–Kier alpha value is -0.940. The van der Waals surface area contributed by atoms with Crippen molar-refractivity contribution in [1.29, 1.82) is 0 Å². The number of anilines is 1. The first-order chi connectivity index (χ1) is 7.08. The number of amides is 1. The van der Waals surface area contributed by atoms with E-state index in [0.29, 0.717) is 24.1 Å². The molecule has 1 aromatic heterocycles. The van der Waals surface area contributed by atoms with Crippen LogP contribution in [0.3, 0.4) is 0 Å². The van der Waals surface area contributed by atoms with E-state index in [1.165, 1.54) is 11.3 Å². The number of nitrogens with zero attached hydrogens (tertiary/aromatic N) is 1. The lowest BCUT2D eigenvalue weighted by Crippen LogP contribution is -2.27. The summed E-state index contributed by atoms with van der Waals surface area (Å²) >= 11 is 1.45. The van der Waals surface area contributed by atoms with Crippen molar-refractivity contribution in [3.05, 3.63) is 11.1 Å². The first-order valence-corrected chi connectivity index (χ1v) is 5.91. The predicted octanol–water partition coefficient (Wildman–Crippen LogP) is 1.78. The second kappa shape index (κ2) is 5.82. The SMILES string of the molecule is Cc1csc(NC(=O)CCNC(C)C)n1. The number of carbonyl (C=O) groups is 1. The molecule has 15 heavy (non-hydrogen) atoms. The molecule has 0 spiro atoms. The zero-order valence-corrected chi connectivity index (χ0v) is 10.1. The van der Waals surface area contributed by atoms with Gasteiger partial charge in [0.1, 0.15) is 0 Å². The monoisotopic (exact) mass is 227 g/mol. The van der Waals surface area contributed by atoms with Crippen LogP contribution < -0.4 is 10.6 Å². The highest BCUT2D eigenvalue weighted by molar-refractivity contribution is 7.13. The summed E-state index contributed by atoms with van der Waals surface area (Å²) < 4.78 is 0. The van der Waals surface area contributed by atoms with Crippen LogP contribution in [0.15, 0.2) is 5.38 Å². The van der Waals surface area contributed by atoms with Crippen LogP contribution in [0.2, 0.25) is 0 Å². The average Bonchev–Trinajstić information content (AvgIpc) is 2.50. The average molecular weight is 227 g/mol. The highest BCUT2D eigenvalue weighted by Gasteiger charge is 2.04. The molecule has 1 aromatic rings. The first-order valence-electron chi connectivity index (χ1n) is 5.03. The Morgan fingerprint density at radius 3 is 2.87 bits per heavy atom. The van der Waals surface area contributed by atoms with Gasteiger partial charge in [0, 0.05) is 24.4 Å². The molecule has 1 heterocycles. The molecule has 0 unspecified atom stereocenters. The number of thiazole rings is 1. The van der Waals surface area contributed by atoms with Crippen LogP contribution in [-0.2, 0) is 4.79 Å². The lowest BCUT2D eigenvalue weighted by atomic mass is 10.3. The fraction of sp³-hybridized carbons (Fsp3) is 0.600. The highest BCUT2D eigenvalue weighted by atomic mass is 32.1. The van der Waals surface area contributed by atoms with Gasteiger partial charge in [-0.15, -0.1) is 11.3 Å². The van der Waals surface area contributed by atoms with Gasteiger partial charge in [0.05, 0.1) is 5.69 Å². The number of aryl methyl sites for hydroxylation is 1. The number of carbonyl (C=O) groups excluding carboxylic acids is 1. The molecule has 84 valence electrons. The summed E-state index contributed by atoms with van der Waals surface area (Å²) in [5.41, 5.74) is 0.940. The van der Waals surface area contributed by atoms with Gasteiger partial charge in [-0.25, -0.2) is 4.98 Å². The summed E-state index contributed by atoms with van der Waals surface area (Å²) in [6, 6.07) is 0.417. The van der Waals surface area contributed by atoms with Crippen LogP contribution in [0.1, 0.15) is 26.0 Å². The first kappa shape index (κ1) is 12.1. The molecule has 5 heteroatoms. The topological polar surface area (TPSA) is 54.0 Å². The van der Waals surface area contributed by atoms with Crippen LogP contribution in [0, 0.1) is 6.92 Å². The van der Waals surface area contributed by atoms with Crippen LogP contribution in [-0.4, -0.2) is 23.5 Å². The molecule has 0 aliphatic rings. The minimum absolute atomic E-state index is 0.0116. The quantitative estimate of drug-likeness (QED) is 0.806. The van der Waals surface area contributed by atoms with Crippen LogP contribution in [0.25, 0.3) is 0 Å². The number of hydrogen-bond donors (Lipinski definition) is 2. The Labute approximate surface area is 94.1 Å². The van der Waals surface area contributed by atoms with E-state index >= 15 is 0 Å². The van der Waals surface area contributed by atoms with Gasteiger partial charge in [-0.05, 0) is 6.92 Å². The summed E-state index contributed by atoms with van der Waals surface area (Å²) in [7, 11) is 0. The van der Waals surface area contributed by atoms with Gasteiger partial charge >= 0.3 is 0 Å². The van der Waals surface area contributed by atoms with E-state index in [-0.39, 0.29) is 5.91 Å². The molecule has 0 atom stereocenters. The molecule has 0 fully saturated rings. The third-order valence-electron chi connectivity index (χ3n) is 1.77.